The number of benzene rings is 2. The van der Waals surface area contributed by atoms with Crippen LogP contribution in [0.15, 0.2) is 53.4 Å². The highest BCUT2D eigenvalue weighted by Crippen LogP contribution is 2.24. The number of hydrogen-bond donors (Lipinski definition) is 2. The smallest absolute Gasteiger partial charge is 0.406 e. The molecule has 0 spiro atoms. The minimum atomic E-state index is -4.84. The van der Waals surface area contributed by atoms with Gasteiger partial charge in [-0.15, -0.1) is 13.2 Å². The quantitative estimate of drug-likeness (QED) is 0.723. The van der Waals surface area contributed by atoms with Gasteiger partial charge in [-0.3, -0.25) is 4.79 Å². The van der Waals surface area contributed by atoms with Crippen LogP contribution < -0.4 is 14.8 Å². The average molecular weight is 406 g/mol. The molecule has 6 nitrogen and oxygen atoms in total. The third-order valence-electron chi connectivity index (χ3n) is 3.20. The molecule has 0 bridgehead atoms. The van der Waals surface area contributed by atoms with Gasteiger partial charge < -0.3 is 10.1 Å². The van der Waals surface area contributed by atoms with Crippen molar-refractivity contribution in [3.63, 3.8) is 0 Å². The molecule has 146 valence electrons. The number of hydrogen-bond acceptors (Lipinski definition) is 4. The number of carbonyl (C=O) groups is 1. The van der Waals surface area contributed by atoms with Crippen LogP contribution >= 0.6 is 0 Å². The minimum absolute atomic E-state index is 0.141. The van der Waals surface area contributed by atoms with Crippen molar-refractivity contribution in [2.45, 2.75) is 24.2 Å². The van der Waals surface area contributed by atoms with Gasteiger partial charge in [-0.1, -0.05) is 0 Å². The zero-order chi connectivity index (χ0) is 20.2. The summed E-state index contributed by atoms with van der Waals surface area (Å²) in [6, 6.07) is 7.13. The normalized spacial score (nSPS) is 13.1. The van der Waals surface area contributed by atoms with E-state index in [0.29, 0.717) is 0 Å². The first-order valence-electron chi connectivity index (χ1n) is 7.41. The van der Waals surface area contributed by atoms with E-state index in [1.54, 1.807) is 0 Å². The fourth-order valence-electron chi connectivity index (χ4n) is 1.96. The lowest BCUT2D eigenvalue weighted by Gasteiger charge is -2.15. The maximum absolute atomic E-state index is 12.9. The molecule has 2 N–H and O–H groups in total. The molecule has 0 aliphatic rings. The van der Waals surface area contributed by atoms with Crippen LogP contribution in [0.1, 0.15) is 6.92 Å². The Balaban J connectivity index is 2.00. The van der Waals surface area contributed by atoms with Gasteiger partial charge in [-0.05, 0) is 55.5 Å². The lowest BCUT2D eigenvalue weighted by molar-refractivity contribution is -0.274. The first-order valence-corrected chi connectivity index (χ1v) is 8.89. The molecule has 0 radical (unpaired) electrons. The minimum Gasteiger partial charge on any atom is -0.406 e. The average Bonchev–Trinajstić information content (AvgIpc) is 2.55. The second-order valence-electron chi connectivity index (χ2n) is 5.36. The number of alkyl halides is 3. The number of ether oxygens (including phenoxy) is 1. The van der Waals surface area contributed by atoms with Crippen molar-refractivity contribution in [1.29, 1.82) is 0 Å². The molecule has 27 heavy (non-hydrogen) atoms. The van der Waals surface area contributed by atoms with E-state index >= 15 is 0 Å². The fourth-order valence-corrected chi connectivity index (χ4v) is 3.16. The number of anilines is 1. The first kappa shape index (κ1) is 20.6. The van der Waals surface area contributed by atoms with E-state index < -0.39 is 39.9 Å². The van der Waals surface area contributed by atoms with Gasteiger partial charge >= 0.3 is 6.36 Å². The van der Waals surface area contributed by atoms with Gasteiger partial charge in [0.05, 0.1) is 10.9 Å². The molecule has 0 aliphatic heterocycles. The molecular weight excluding hydrogens is 392 g/mol. The highest BCUT2D eigenvalue weighted by molar-refractivity contribution is 7.89. The summed E-state index contributed by atoms with van der Waals surface area (Å²) in [6.07, 6.45) is -4.84. The maximum Gasteiger partial charge on any atom is 0.573 e. The summed E-state index contributed by atoms with van der Waals surface area (Å²) in [5.41, 5.74) is 0.141. The summed E-state index contributed by atoms with van der Waals surface area (Å²) in [4.78, 5) is 11.9. The van der Waals surface area contributed by atoms with E-state index in [2.05, 4.69) is 14.8 Å². The molecule has 11 heteroatoms. The zero-order valence-corrected chi connectivity index (χ0v) is 14.6. The van der Waals surface area contributed by atoms with Crippen LogP contribution in [0.2, 0.25) is 0 Å². The van der Waals surface area contributed by atoms with Crippen molar-refractivity contribution in [2.75, 3.05) is 5.32 Å². The molecule has 0 heterocycles. The predicted octanol–water partition coefficient (Wildman–Crippen LogP) is 3.03. The van der Waals surface area contributed by atoms with E-state index in [9.17, 15) is 30.8 Å². The molecular formula is C16H14F4N2O4S. The van der Waals surface area contributed by atoms with Crippen LogP contribution in [0.4, 0.5) is 23.2 Å². The highest BCUT2D eigenvalue weighted by Gasteiger charge is 2.31. The summed E-state index contributed by atoms with van der Waals surface area (Å²) in [6.45, 7) is 1.28. The molecule has 1 amide bonds. The molecule has 0 saturated heterocycles. The van der Waals surface area contributed by atoms with Crippen LogP contribution in [0.3, 0.4) is 0 Å². The van der Waals surface area contributed by atoms with E-state index in [1.165, 1.54) is 19.1 Å². The van der Waals surface area contributed by atoms with Crippen LogP contribution in [0.5, 0.6) is 5.75 Å². The molecule has 0 unspecified atom stereocenters. The molecule has 1 atom stereocenters. The first-order chi connectivity index (χ1) is 12.5. The third kappa shape index (κ3) is 6.22. The monoisotopic (exact) mass is 406 g/mol. The summed E-state index contributed by atoms with van der Waals surface area (Å²) in [5.74, 6) is -1.83. The topological polar surface area (TPSA) is 84.5 Å². The molecule has 0 fully saturated rings. The van der Waals surface area contributed by atoms with Gasteiger partial charge in [0.15, 0.2) is 0 Å². The van der Waals surface area contributed by atoms with Crippen molar-refractivity contribution in [2.24, 2.45) is 0 Å². The Morgan fingerprint density at radius 1 is 1.04 bits per heavy atom. The fraction of sp³-hybridized carbons (Fsp3) is 0.188. The zero-order valence-electron chi connectivity index (χ0n) is 13.7. The Labute approximate surface area is 152 Å². The van der Waals surface area contributed by atoms with Crippen LogP contribution in [0, 0.1) is 5.82 Å². The summed E-state index contributed by atoms with van der Waals surface area (Å²) >= 11 is 0. The molecule has 0 aliphatic carbocycles. The largest absolute Gasteiger partial charge is 0.573 e. The Bertz CT molecular complexity index is 898. The lowest BCUT2D eigenvalue weighted by atomic mass is 10.2. The van der Waals surface area contributed by atoms with Crippen molar-refractivity contribution < 1.29 is 35.5 Å². The SMILES string of the molecule is C[C@H](NS(=O)(=O)c1ccc(F)cc1)C(=O)Nc1ccc(OC(F)(F)F)cc1. The molecule has 2 aromatic rings. The molecule has 2 aromatic carbocycles. The number of carbonyl (C=O) groups excluding carboxylic acids is 1. The lowest BCUT2D eigenvalue weighted by Crippen LogP contribution is -2.41. The van der Waals surface area contributed by atoms with Crippen LogP contribution in [-0.4, -0.2) is 26.7 Å². The van der Waals surface area contributed by atoms with Crippen molar-refractivity contribution in [3.05, 3.63) is 54.3 Å². The van der Waals surface area contributed by atoms with Crippen LogP contribution in [0.25, 0.3) is 0 Å². The summed E-state index contributed by atoms with van der Waals surface area (Å²) in [5, 5.41) is 2.35. The Morgan fingerprint density at radius 3 is 2.11 bits per heavy atom. The summed E-state index contributed by atoms with van der Waals surface area (Å²) < 4.78 is 79.3. The molecule has 0 saturated carbocycles. The van der Waals surface area contributed by atoms with Gasteiger partial charge in [0.25, 0.3) is 0 Å². The van der Waals surface area contributed by atoms with Crippen molar-refractivity contribution in [1.82, 2.24) is 4.72 Å². The number of sulfonamides is 1. The van der Waals surface area contributed by atoms with Gasteiger partial charge in [0.1, 0.15) is 11.6 Å². The van der Waals surface area contributed by atoms with Crippen LogP contribution in [-0.2, 0) is 14.8 Å². The number of nitrogens with one attached hydrogen (secondary N) is 2. The second-order valence-corrected chi connectivity index (χ2v) is 7.07. The van der Waals surface area contributed by atoms with E-state index in [4.69, 9.17) is 0 Å². The Morgan fingerprint density at radius 2 is 1.59 bits per heavy atom. The number of halogens is 4. The molecule has 0 aromatic heterocycles. The van der Waals surface area contributed by atoms with Crippen molar-refractivity contribution >= 4 is 21.6 Å². The Hall–Kier alpha value is -2.66. The van der Waals surface area contributed by atoms with Gasteiger partial charge in [-0.25, -0.2) is 12.8 Å². The predicted molar refractivity (Wildman–Crippen MR) is 87.9 cm³/mol. The maximum atomic E-state index is 12.9. The van der Waals surface area contributed by atoms with Gasteiger partial charge in [0, 0.05) is 5.69 Å². The highest BCUT2D eigenvalue weighted by atomic mass is 32.2. The van der Waals surface area contributed by atoms with E-state index in [-0.39, 0.29) is 10.6 Å². The second kappa shape index (κ2) is 7.92. The molecule has 2 rings (SSSR count). The number of rotatable bonds is 6. The van der Waals surface area contributed by atoms with Crippen molar-refractivity contribution in [3.8, 4) is 5.75 Å². The number of amides is 1. The standard InChI is InChI=1S/C16H14F4N2O4S/c1-10(22-27(24,25)14-8-2-11(17)3-9-14)15(23)21-12-4-6-13(7-5-12)26-16(18,19)20/h2-10,22H,1H3,(H,21,23)/t10-/m0/s1. The van der Waals surface area contributed by atoms with Gasteiger partial charge in [0.2, 0.25) is 15.9 Å². The van der Waals surface area contributed by atoms with E-state index in [1.807, 2.05) is 0 Å². The summed E-state index contributed by atoms with van der Waals surface area (Å²) in [7, 11) is -4.06. The Kier molecular flexibility index (Phi) is 6.06. The van der Waals surface area contributed by atoms with E-state index in [0.717, 1.165) is 36.4 Å². The third-order valence-corrected chi connectivity index (χ3v) is 4.76. The van der Waals surface area contributed by atoms with Gasteiger partial charge in [-0.2, -0.15) is 4.72 Å².